The predicted octanol–water partition coefficient (Wildman–Crippen LogP) is 5.44. The van der Waals surface area contributed by atoms with Gasteiger partial charge >= 0.3 is 0 Å². The first-order chi connectivity index (χ1) is 8.85. The maximum atomic E-state index is 2.70. The summed E-state index contributed by atoms with van der Waals surface area (Å²) in [6, 6.07) is 7.15. The summed E-state index contributed by atoms with van der Waals surface area (Å²) in [6.45, 7) is 9.79. The number of halogens is 1. The fourth-order valence-corrected chi connectivity index (χ4v) is 5.51. The van der Waals surface area contributed by atoms with Gasteiger partial charge in [-0.1, -0.05) is 67.1 Å². The maximum absolute atomic E-state index is 2.70. The Morgan fingerprint density at radius 3 is 2.63 bits per heavy atom. The van der Waals surface area contributed by atoms with Gasteiger partial charge in [0.1, 0.15) is 0 Å². The molecule has 0 nitrogen and oxygen atoms in total. The third-order valence-corrected chi connectivity index (χ3v) is 8.20. The van der Waals surface area contributed by atoms with Crippen molar-refractivity contribution in [2.24, 2.45) is 11.3 Å². The number of hydrogen-bond donors (Lipinski definition) is 0. The fourth-order valence-electron chi connectivity index (χ4n) is 4.76. The average Bonchev–Trinajstić information content (AvgIpc) is 2.35. The zero-order valence-corrected chi connectivity index (χ0v) is 14.8. The molecule has 0 N–H and O–H groups in total. The van der Waals surface area contributed by atoms with Crippen LogP contribution in [0.2, 0.25) is 0 Å². The third kappa shape index (κ3) is 1.99. The molecular formula is C18H25I. The average molecular weight is 368 g/mol. The van der Waals surface area contributed by atoms with E-state index in [9.17, 15) is 0 Å². The number of aryl methyl sites for hydroxylation is 2. The van der Waals surface area contributed by atoms with Crippen molar-refractivity contribution in [1.29, 1.82) is 0 Å². The first-order valence-corrected chi connectivity index (χ1v) is 8.84. The van der Waals surface area contributed by atoms with Crippen molar-refractivity contribution in [3.8, 4) is 0 Å². The van der Waals surface area contributed by atoms with E-state index in [0.717, 1.165) is 9.84 Å². The minimum atomic E-state index is 0.408. The van der Waals surface area contributed by atoms with Gasteiger partial charge in [0.05, 0.1) is 0 Å². The zero-order valence-electron chi connectivity index (χ0n) is 12.6. The number of benzene rings is 1. The van der Waals surface area contributed by atoms with Gasteiger partial charge in [-0.15, -0.1) is 0 Å². The van der Waals surface area contributed by atoms with Crippen LogP contribution in [-0.4, -0.2) is 3.92 Å². The molecule has 1 saturated carbocycles. The summed E-state index contributed by atoms with van der Waals surface area (Å²) in [4.78, 5) is 0. The van der Waals surface area contributed by atoms with Crippen molar-refractivity contribution in [2.75, 3.05) is 0 Å². The van der Waals surface area contributed by atoms with Crippen LogP contribution in [0.15, 0.2) is 18.2 Å². The summed E-state index contributed by atoms with van der Waals surface area (Å²) < 4.78 is 0.828. The molecule has 0 unspecified atom stereocenters. The Morgan fingerprint density at radius 1 is 1.16 bits per heavy atom. The molecule has 0 amide bonds. The molecule has 0 radical (unpaired) electrons. The SMILES string of the molecule is Cc1ccc2c(c1)[C@@]1(C)CC[C@H](I)C(C)(C)[C@@H]1CC2. The molecule has 2 aliphatic rings. The van der Waals surface area contributed by atoms with Gasteiger partial charge < -0.3 is 0 Å². The quantitative estimate of drug-likeness (QED) is 0.423. The topological polar surface area (TPSA) is 0 Å². The fraction of sp³-hybridized carbons (Fsp3) is 0.667. The van der Waals surface area contributed by atoms with Crippen LogP contribution in [-0.2, 0) is 11.8 Å². The number of hydrogen-bond acceptors (Lipinski definition) is 0. The number of alkyl halides is 1. The molecular weight excluding hydrogens is 343 g/mol. The van der Waals surface area contributed by atoms with E-state index in [2.05, 4.69) is 68.5 Å². The van der Waals surface area contributed by atoms with Gasteiger partial charge in [0, 0.05) is 3.92 Å². The molecule has 1 aromatic carbocycles. The van der Waals surface area contributed by atoms with E-state index in [0.29, 0.717) is 10.8 Å². The summed E-state index contributed by atoms with van der Waals surface area (Å²) in [7, 11) is 0. The molecule has 0 aromatic heterocycles. The van der Waals surface area contributed by atoms with E-state index in [-0.39, 0.29) is 0 Å². The van der Waals surface area contributed by atoms with Crippen LogP contribution in [0.5, 0.6) is 0 Å². The minimum absolute atomic E-state index is 0.408. The van der Waals surface area contributed by atoms with E-state index in [1.807, 2.05) is 0 Å². The smallest absolute Gasteiger partial charge is 0.0164 e. The monoisotopic (exact) mass is 368 g/mol. The highest BCUT2D eigenvalue weighted by atomic mass is 127. The Labute approximate surface area is 131 Å². The molecule has 19 heavy (non-hydrogen) atoms. The highest BCUT2D eigenvalue weighted by molar-refractivity contribution is 14.1. The molecule has 104 valence electrons. The lowest BCUT2D eigenvalue weighted by atomic mass is 9.50. The largest absolute Gasteiger partial charge is 0.0820 e. The second-order valence-electron chi connectivity index (χ2n) is 7.50. The molecule has 3 rings (SSSR count). The molecule has 0 aliphatic heterocycles. The predicted molar refractivity (Wildman–Crippen MR) is 91.2 cm³/mol. The van der Waals surface area contributed by atoms with Crippen LogP contribution in [0.1, 0.15) is 56.7 Å². The first kappa shape index (κ1) is 13.9. The lowest BCUT2D eigenvalue weighted by Gasteiger charge is -2.56. The van der Waals surface area contributed by atoms with E-state index in [1.54, 1.807) is 11.1 Å². The molecule has 1 aromatic rings. The van der Waals surface area contributed by atoms with Gasteiger partial charge in [-0.3, -0.25) is 0 Å². The van der Waals surface area contributed by atoms with Crippen molar-refractivity contribution in [3.63, 3.8) is 0 Å². The van der Waals surface area contributed by atoms with Gasteiger partial charge in [-0.2, -0.15) is 0 Å². The van der Waals surface area contributed by atoms with Gasteiger partial charge in [-0.25, -0.2) is 0 Å². The van der Waals surface area contributed by atoms with Crippen molar-refractivity contribution >= 4 is 22.6 Å². The summed E-state index contributed by atoms with van der Waals surface area (Å²) in [5.74, 6) is 0.838. The second-order valence-corrected chi connectivity index (χ2v) is 9.00. The van der Waals surface area contributed by atoms with Crippen LogP contribution in [0.3, 0.4) is 0 Å². The van der Waals surface area contributed by atoms with Crippen molar-refractivity contribution < 1.29 is 0 Å². The molecule has 0 bridgehead atoms. The Balaban J connectivity index is 2.12. The molecule has 1 heteroatoms. The molecule has 3 atom stereocenters. The van der Waals surface area contributed by atoms with E-state index in [1.165, 1.54) is 31.2 Å². The summed E-state index contributed by atoms with van der Waals surface area (Å²) in [6.07, 6.45) is 5.39. The minimum Gasteiger partial charge on any atom is -0.0820 e. The number of rotatable bonds is 0. The highest BCUT2D eigenvalue weighted by Crippen LogP contribution is 2.58. The third-order valence-electron chi connectivity index (χ3n) is 5.97. The Bertz CT molecular complexity index is 502. The Hall–Kier alpha value is -0.0500. The van der Waals surface area contributed by atoms with E-state index in [4.69, 9.17) is 0 Å². The molecule has 1 fully saturated rings. The molecule has 0 saturated heterocycles. The van der Waals surface area contributed by atoms with Crippen molar-refractivity contribution in [3.05, 3.63) is 34.9 Å². The van der Waals surface area contributed by atoms with Gasteiger partial charge in [-0.05, 0) is 60.5 Å². The summed E-state index contributed by atoms with van der Waals surface area (Å²) >= 11 is 2.70. The van der Waals surface area contributed by atoms with Gasteiger partial charge in [0.25, 0.3) is 0 Å². The highest BCUT2D eigenvalue weighted by Gasteiger charge is 2.52. The maximum Gasteiger partial charge on any atom is 0.0164 e. The first-order valence-electron chi connectivity index (χ1n) is 7.60. The number of fused-ring (bicyclic) bond motifs is 3. The Morgan fingerprint density at radius 2 is 1.89 bits per heavy atom. The van der Waals surface area contributed by atoms with Crippen molar-refractivity contribution in [2.45, 2.75) is 62.7 Å². The van der Waals surface area contributed by atoms with E-state index < -0.39 is 0 Å². The standard InChI is InChI=1S/C18H25I/c1-12-5-6-13-7-8-15-17(2,3)16(19)9-10-18(15,4)14(13)11-12/h5-6,11,15-16H,7-10H2,1-4H3/t15-,16-,18+/m0/s1. The van der Waals surface area contributed by atoms with Crippen LogP contribution < -0.4 is 0 Å². The lowest BCUT2D eigenvalue weighted by molar-refractivity contribution is 0.0520. The van der Waals surface area contributed by atoms with Crippen molar-refractivity contribution in [1.82, 2.24) is 0 Å². The molecule has 2 aliphatic carbocycles. The van der Waals surface area contributed by atoms with Gasteiger partial charge in [0.2, 0.25) is 0 Å². The molecule has 0 spiro atoms. The van der Waals surface area contributed by atoms with Crippen LogP contribution in [0.4, 0.5) is 0 Å². The summed E-state index contributed by atoms with van der Waals surface area (Å²) in [5, 5.41) is 0. The van der Waals surface area contributed by atoms with Gasteiger partial charge in [0.15, 0.2) is 0 Å². The van der Waals surface area contributed by atoms with Crippen LogP contribution >= 0.6 is 22.6 Å². The molecule has 0 heterocycles. The lowest BCUT2D eigenvalue weighted by Crippen LogP contribution is -2.52. The zero-order chi connectivity index (χ0) is 13.8. The Kier molecular flexibility index (Phi) is 3.28. The van der Waals surface area contributed by atoms with E-state index >= 15 is 0 Å². The second kappa shape index (κ2) is 4.47. The summed E-state index contributed by atoms with van der Waals surface area (Å²) in [5.41, 5.74) is 5.59. The normalized spacial score (nSPS) is 36.5. The van der Waals surface area contributed by atoms with Crippen LogP contribution in [0, 0.1) is 18.3 Å². The van der Waals surface area contributed by atoms with Crippen LogP contribution in [0.25, 0.3) is 0 Å².